The minimum absolute atomic E-state index is 0.0302. The number of anilines is 1. The Labute approximate surface area is 260 Å². The van der Waals surface area contributed by atoms with E-state index in [1.807, 2.05) is 0 Å². The van der Waals surface area contributed by atoms with Gasteiger partial charge in [0.25, 0.3) is 0 Å². The smallest absolute Gasteiger partial charge is 0.321 e. The number of nitrogens with one attached hydrogen (secondary N) is 2. The molecular formula is C31H37ClFN7O4. The van der Waals surface area contributed by atoms with Crippen molar-refractivity contribution in [3.63, 3.8) is 0 Å². The number of nitrogens with zero attached hydrogens (tertiary/aromatic N) is 5. The third-order valence-electron chi connectivity index (χ3n) is 8.31. The number of piperidine rings is 1. The van der Waals surface area contributed by atoms with E-state index in [1.165, 1.54) is 28.6 Å². The van der Waals surface area contributed by atoms with Crippen LogP contribution < -0.4 is 10.6 Å². The molecule has 2 fully saturated rings. The minimum Gasteiger partial charge on any atom is -0.350 e. The van der Waals surface area contributed by atoms with Crippen molar-refractivity contribution in [3.05, 3.63) is 58.5 Å². The van der Waals surface area contributed by atoms with Crippen LogP contribution >= 0.6 is 11.6 Å². The number of carbonyl (C=O) groups excluding carboxylic acids is 4. The molecule has 2 aliphatic rings. The number of aromatic nitrogens is 2. The number of likely N-dealkylation sites (tertiary alicyclic amines) is 1. The first-order valence-electron chi connectivity index (χ1n) is 14.7. The van der Waals surface area contributed by atoms with Gasteiger partial charge in [-0.15, -0.1) is 0 Å². The van der Waals surface area contributed by atoms with Crippen molar-refractivity contribution in [1.82, 2.24) is 29.8 Å². The number of urea groups is 1. The average molecular weight is 626 g/mol. The van der Waals surface area contributed by atoms with Crippen LogP contribution in [0.2, 0.25) is 5.02 Å². The lowest BCUT2D eigenvalue weighted by Gasteiger charge is -2.35. The Morgan fingerprint density at radius 1 is 1.07 bits per heavy atom. The number of fused-ring (bicyclic) bond motifs is 1. The lowest BCUT2D eigenvalue weighted by atomic mass is 10.0. The van der Waals surface area contributed by atoms with Gasteiger partial charge in [0.05, 0.1) is 17.1 Å². The van der Waals surface area contributed by atoms with Crippen LogP contribution in [0.15, 0.2) is 36.4 Å². The summed E-state index contributed by atoms with van der Waals surface area (Å²) in [5.74, 6) is -1.62. The highest BCUT2D eigenvalue weighted by Gasteiger charge is 2.34. The summed E-state index contributed by atoms with van der Waals surface area (Å²) in [5.41, 5.74) is 1.51. The monoisotopic (exact) mass is 625 g/mol. The van der Waals surface area contributed by atoms with Gasteiger partial charge < -0.3 is 25.3 Å². The molecule has 0 radical (unpaired) electrons. The number of Topliss-reactive ketones (excluding diaryl/α,β-unsaturated/α-hetero) is 1. The predicted molar refractivity (Wildman–Crippen MR) is 165 cm³/mol. The van der Waals surface area contributed by atoms with Gasteiger partial charge in [-0.2, -0.15) is 5.10 Å². The molecule has 0 bridgehead atoms. The van der Waals surface area contributed by atoms with E-state index in [0.717, 1.165) is 38.8 Å². The van der Waals surface area contributed by atoms with Crippen molar-refractivity contribution in [2.75, 3.05) is 39.0 Å². The fourth-order valence-electron chi connectivity index (χ4n) is 5.51. The zero-order chi connectivity index (χ0) is 31.5. The third kappa shape index (κ3) is 7.19. The van der Waals surface area contributed by atoms with Crippen LogP contribution in [-0.4, -0.2) is 93.9 Å². The summed E-state index contributed by atoms with van der Waals surface area (Å²) >= 11 is 5.83. The van der Waals surface area contributed by atoms with Crippen LogP contribution in [-0.2, 0) is 22.7 Å². The molecule has 3 aromatic rings. The van der Waals surface area contributed by atoms with Crippen molar-refractivity contribution in [2.24, 2.45) is 0 Å². The maximum atomic E-state index is 14.2. The molecule has 1 aliphatic heterocycles. The Kier molecular flexibility index (Phi) is 9.50. The molecule has 0 spiro atoms. The molecule has 234 valence electrons. The van der Waals surface area contributed by atoms with Gasteiger partial charge in [-0.3, -0.25) is 19.1 Å². The maximum Gasteiger partial charge on any atom is 0.321 e. The van der Waals surface area contributed by atoms with Crippen LogP contribution in [0, 0.1) is 5.82 Å². The topological polar surface area (TPSA) is 120 Å². The number of halogens is 2. The van der Waals surface area contributed by atoms with Gasteiger partial charge in [-0.05, 0) is 70.1 Å². The van der Waals surface area contributed by atoms with Crippen molar-refractivity contribution in [1.29, 1.82) is 0 Å². The fourth-order valence-corrected chi connectivity index (χ4v) is 5.71. The number of carbonyl (C=O) groups is 4. The van der Waals surface area contributed by atoms with E-state index >= 15 is 0 Å². The first kappa shape index (κ1) is 31.4. The standard InChI is InChI=1S/C31H37ClFN7O4/c1-19(41)30-24-15-21(35-31(44)38(3)22-11-13-37(2)14-12-22)7-10-26(24)40(36-30)18-28(43)39(23-8-9-23)17-27(42)34-16-20-5-4-6-25(32)29(20)33/h4-7,10,15,22-23H,8-9,11-14,16-18H2,1-3H3,(H,34,42)(H,35,44). The molecule has 13 heteroatoms. The number of ketones is 1. The van der Waals surface area contributed by atoms with Crippen LogP contribution in [0.3, 0.4) is 0 Å². The molecule has 2 aromatic carbocycles. The highest BCUT2D eigenvalue weighted by Crippen LogP contribution is 2.28. The number of benzene rings is 2. The molecule has 1 saturated heterocycles. The molecular weight excluding hydrogens is 589 g/mol. The van der Waals surface area contributed by atoms with E-state index in [9.17, 15) is 23.6 Å². The number of rotatable bonds is 10. The number of amides is 4. The fraction of sp³-hybridized carbons (Fsp3) is 0.452. The van der Waals surface area contributed by atoms with E-state index < -0.39 is 11.7 Å². The second-order valence-electron chi connectivity index (χ2n) is 11.6. The van der Waals surface area contributed by atoms with Crippen molar-refractivity contribution in [3.8, 4) is 0 Å². The van der Waals surface area contributed by atoms with Crippen LogP contribution in [0.5, 0.6) is 0 Å². The summed E-state index contributed by atoms with van der Waals surface area (Å²) < 4.78 is 15.7. The van der Waals surface area contributed by atoms with Gasteiger partial charge in [-0.1, -0.05) is 23.7 Å². The second kappa shape index (κ2) is 13.3. The lowest BCUT2D eigenvalue weighted by molar-refractivity contribution is -0.137. The Balaban J connectivity index is 1.27. The first-order valence-corrected chi connectivity index (χ1v) is 15.1. The van der Waals surface area contributed by atoms with E-state index in [2.05, 4.69) is 27.7 Å². The Hall–Kier alpha value is -4.03. The highest BCUT2D eigenvalue weighted by molar-refractivity contribution is 6.30. The summed E-state index contributed by atoms with van der Waals surface area (Å²) in [4.78, 5) is 57.1. The molecule has 11 nitrogen and oxygen atoms in total. The molecule has 1 saturated carbocycles. The first-order chi connectivity index (χ1) is 21.0. The van der Waals surface area contributed by atoms with Crippen molar-refractivity contribution < 1.29 is 23.6 Å². The lowest BCUT2D eigenvalue weighted by Crippen LogP contribution is -2.46. The molecule has 4 amide bonds. The second-order valence-corrected chi connectivity index (χ2v) is 12.0. The largest absolute Gasteiger partial charge is 0.350 e. The maximum absolute atomic E-state index is 14.2. The normalized spacial score (nSPS) is 15.7. The molecule has 44 heavy (non-hydrogen) atoms. The summed E-state index contributed by atoms with van der Waals surface area (Å²) in [6.45, 7) is 2.83. The predicted octanol–water partition coefficient (Wildman–Crippen LogP) is 3.90. The van der Waals surface area contributed by atoms with Gasteiger partial charge >= 0.3 is 6.03 Å². The summed E-state index contributed by atoms with van der Waals surface area (Å²) in [6.07, 6.45) is 3.34. The van der Waals surface area contributed by atoms with E-state index in [4.69, 9.17) is 11.6 Å². The summed E-state index contributed by atoms with van der Waals surface area (Å²) in [5, 5.41) is 10.5. The zero-order valence-electron chi connectivity index (χ0n) is 25.1. The Morgan fingerprint density at radius 2 is 1.80 bits per heavy atom. The molecule has 0 unspecified atom stereocenters. The van der Waals surface area contributed by atoms with Crippen LogP contribution in [0.1, 0.15) is 48.7 Å². The molecule has 1 aromatic heterocycles. The third-order valence-corrected chi connectivity index (χ3v) is 8.60. The minimum atomic E-state index is -0.594. The van der Waals surface area contributed by atoms with Crippen LogP contribution in [0.25, 0.3) is 10.9 Å². The van der Waals surface area contributed by atoms with Gasteiger partial charge in [0.1, 0.15) is 18.1 Å². The average Bonchev–Trinajstić information content (AvgIpc) is 3.78. The molecule has 1 aliphatic carbocycles. The number of hydrogen-bond donors (Lipinski definition) is 2. The van der Waals surface area contributed by atoms with Gasteiger partial charge in [-0.25, -0.2) is 9.18 Å². The Morgan fingerprint density at radius 3 is 2.48 bits per heavy atom. The quantitative estimate of drug-likeness (QED) is 0.330. The van der Waals surface area contributed by atoms with Gasteiger partial charge in [0, 0.05) is 49.2 Å². The molecule has 2 heterocycles. The molecule has 0 atom stereocenters. The van der Waals surface area contributed by atoms with E-state index in [0.29, 0.717) is 16.6 Å². The van der Waals surface area contributed by atoms with Crippen molar-refractivity contribution in [2.45, 2.75) is 57.8 Å². The SMILES string of the molecule is CC(=O)c1nn(CC(=O)N(CC(=O)NCc2cccc(Cl)c2F)C2CC2)c2ccc(NC(=O)N(C)C3CCN(C)CC3)cc12. The van der Waals surface area contributed by atoms with Gasteiger partial charge in [0.15, 0.2) is 5.78 Å². The van der Waals surface area contributed by atoms with Crippen LogP contribution in [0.4, 0.5) is 14.9 Å². The summed E-state index contributed by atoms with van der Waals surface area (Å²) in [6, 6.07) is 9.54. The van der Waals surface area contributed by atoms with Crippen molar-refractivity contribution >= 4 is 51.8 Å². The number of hydrogen-bond acceptors (Lipinski definition) is 6. The van der Waals surface area contributed by atoms with Gasteiger partial charge in [0.2, 0.25) is 11.8 Å². The highest BCUT2D eigenvalue weighted by atomic mass is 35.5. The molecule has 2 N–H and O–H groups in total. The zero-order valence-corrected chi connectivity index (χ0v) is 25.9. The summed E-state index contributed by atoms with van der Waals surface area (Å²) in [7, 11) is 3.86. The van der Waals surface area contributed by atoms with E-state index in [-0.39, 0.29) is 65.7 Å². The molecule has 5 rings (SSSR count). The van der Waals surface area contributed by atoms with E-state index in [1.54, 1.807) is 36.2 Å². The Bertz CT molecular complexity index is 1580.